The molecule has 1 aromatic heterocycles. The zero-order valence-corrected chi connectivity index (χ0v) is 19.9. The molecule has 0 spiro atoms. The van der Waals surface area contributed by atoms with E-state index in [-0.39, 0.29) is 5.91 Å². The van der Waals surface area contributed by atoms with Gasteiger partial charge in [-0.2, -0.15) is 0 Å². The molecule has 0 saturated heterocycles. The van der Waals surface area contributed by atoms with Crippen LogP contribution in [0.3, 0.4) is 0 Å². The van der Waals surface area contributed by atoms with E-state index in [4.69, 9.17) is 10.5 Å². The SMILES string of the molecule is CCCCOc1ccc(Br)cc1C(=O)Nc1sc(Cc2ccccc2)c(C)c1C(N)=O. The van der Waals surface area contributed by atoms with Crippen LogP contribution in [0.5, 0.6) is 5.75 Å². The van der Waals surface area contributed by atoms with Crippen molar-refractivity contribution in [3.8, 4) is 5.75 Å². The third kappa shape index (κ3) is 5.74. The van der Waals surface area contributed by atoms with E-state index in [0.29, 0.717) is 34.9 Å². The second kappa shape index (κ2) is 10.6. The number of hydrogen-bond donors (Lipinski definition) is 2. The molecule has 3 aromatic rings. The van der Waals surface area contributed by atoms with Gasteiger partial charge in [0.2, 0.25) is 0 Å². The van der Waals surface area contributed by atoms with Crippen LogP contribution in [-0.4, -0.2) is 18.4 Å². The molecule has 1 heterocycles. The van der Waals surface area contributed by atoms with Gasteiger partial charge in [-0.3, -0.25) is 9.59 Å². The van der Waals surface area contributed by atoms with E-state index in [1.165, 1.54) is 11.3 Å². The van der Waals surface area contributed by atoms with Gasteiger partial charge in [0.05, 0.1) is 17.7 Å². The van der Waals surface area contributed by atoms with Gasteiger partial charge in [-0.05, 0) is 42.7 Å². The summed E-state index contributed by atoms with van der Waals surface area (Å²) in [6.45, 7) is 4.48. The molecule has 5 nitrogen and oxygen atoms in total. The summed E-state index contributed by atoms with van der Waals surface area (Å²) in [7, 11) is 0. The molecule has 0 unspecified atom stereocenters. The van der Waals surface area contributed by atoms with Gasteiger partial charge < -0.3 is 15.8 Å². The fourth-order valence-corrected chi connectivity index (χ4v) is 4.80. The van der Waals surface area contributed by atoms with Crippen molar-refractivity contribution in [3.63, 3.8) is 0 Å². The first-order valence-electron chi connectivity index (χ1n) is 10.1. The summed E-state index contributed by atoms with van der Waals surface area (Å²) in [5.41, 5.74) is 8.33. The summed E-state index contributed by atoms with van der Waals surface area (Å²) >= 11 is 4.79. The predicted molar refractivity (Wildman–Crippen MR) is 129 cm³/mol. The number of rotatable bonds is 9. The largest absolute Gasteiger partial charge is 0.493 e. The van der Waals surface area contributed by atoms with Crippen molar-refractivity contribution in [1.29, 1.82) is 0 Å². The van der Waals surface area contributed by atoms with Gasteiger partial charge in [0.1, 0.15) is 10.8 Å². The van der Waals surface area contributed by atoms with Gasteiger partial charge in [0.25, 0.3) is 11.8 Å². The highest BCUT2D eigenvalue weighted by atomic mass is 79.9. The maximum atomic E-state index is 13.1. The zero-order chi connectivity index (χ0) is 22.4. The van der Waals surface area contributed by atoms with E-state index >= 15 is 0 Å². The molecule has 2 aromatic carbocycles. The van der Waals surface area contributed by atoms with Crippen molar-refractivity contribution in [2.75, 3.05) is 11.9 Å². The maximum absolute atomic E-state index is 13.1. The number of halogens is 1. The molecule has 0 aliphatic rings. The van der Waals surface area contributed by atoms with Crippen LogP contribution in [0.25, 0.3) is 0 Å². The number of carbonyl (C=O) groups excluding carboxylic acids is 2. The molecule has 0 aliphatic heterocycles. The van der Waals surface area contributed by atoms with Gasteiger partial charge in [0, 0.05) is 15.8 Å². The normalized spacial score (nSPS) is 10.7. The summed E-state index contributed by atoms with van der Waals surface area (Å²) in [5.74, 6) is -0.396. The van der Waals surface area contributed by atoms with Crippen LogP contribution in [0.15, 0.2) is 53.0 Å². The van der Waals surface area contributed by atoms with Crippen LogP contribution in [0.4, 0.5) is 5.00 Å². The first-order valence-corrected chi connectivity index (χ1v) is 11.7. The minimum Gasteiger partial charge on any atom is -0.493 e. The van der Waals surface area contributed by atoms with Gasteiger partial charge >= 0.3 is 0 Å². The highest BCUT2D eigenvalue weighted by Crippen LogP contribution is 2.35. The maximum Gasteiger partial charge on any atom is 0.260 e. The Kier molecular flexibility index (Phi) is 7.87. The molecular formula is C24H25BrN2O3S. The number of amides is 2. The third-order valence-corrected chi connectivity index (χ3v) is 6.57. The lowest BCUT2D eigenvalue weighted by Crippen LogP contribution is -2.18. The standard InChI is InChI=1S/C24H25BrN2O3S/c1-3-4-12-30-19-11-10-17(25)14-18(19)23(29)27-24-21(22(26)28)15(2)20(31-24)13-16-8-6-5-7-9-16/h5-11,14H,3-4,12-13H2,1-2H3,(H2,26,28)(H,27,29). The summed E-state index contributed by atoms with van der Waals surface area (Å²) < 4.78 is 6.57. The first kappa shape index (κ1) is 23.0. The summed E-state index contributed by atoms with van der Waals surface area (Å²) in [4.78, 5) is 26.3. The Labute approximate surface area is 194 Å². The molecule has 0 fully saturated rings. The second-order valence-corrected chi connectivity index (χ2v) is 9.20. The van der Waals surface area contributed by atoms with E-state index in [1.54, 1.807) is 12.1 Å². The second-order valence-electron chi connectivity index (χ2n) is 7.18. The van der Waals surface area contributed by atoms with Crippen molar-refractivity contribution in [2.24, 2.45) is 5.73 Å². The predicted octanol–water partition coefficient (Wildman–Crippen LogP) is 5.94. The van der Waals surface area contributed by atoms with Gasteiger partial charge in [0.15, 0.2) is 0 Å². The fourth-order valence-electron chi connectivity index (χ4n) is 3.20. The van der Waals surface area contributed by atoms with Crippen LogP contribution in [0, 0.1) is 6.92 Å². The Morgan fingerprint density at radius 2 is 1.90 bits per heavy atom. The van der Waals surface area contributed by atoms with Crippen molar-refractivity contribution < 1.29 is 14.3 Å². The van der Waals surface area contributed by atoms with Crippen molar-refractivity contribution >= 4 is 44.1 Å². The van der Waals surface area contributed by atoms with E-state index < -0.39 is 5.91 Å². The minimum atomic E-state index is -0.558. The smallest absolute Gasteiger partial charge is 0.260 e. The molecule has 3 N–H and O–H groups in total. The molecule has 7 heteroatoms. The number of thiophene rings is 1. The average molecular weight is 501 g/mol. The van der Waals surface area contributed by atoms with E-state index in [9.17, 15) is 9.59 Å². The van der Waals surface area contributed by atoms with Crippen LogP contribution >= 0.6 is 27.3 Å². The monoisotopic (exact) mass is 500 g/mol. The number of primary amides is 1. The molecule has 0 bridgehead atoms. The van der Waals surface area contributed by atoms with Crippen LogP contribution in [-0.2, 0) is 6.42 Å². The molecule has 2 amide bonds. The molecule has 0 saturated carbocycles. The zero-order valence-electron chi connectivity index (χ0n) is 17.5. The molecule has 0 radical (unpaired) electrons. The number of benzene rings is 2. The molecule has 0 aliphatic carbocycles. The highest BCUT2D eigenvalue weighted by Gasteiger charge is 2.23. The Morgan fingerprint density at radius 3 is 2.58 bits per heavy atom. The lowest BCUT2D eigenvalue weighted by Gasteiger charge is -2.12. The molecular weight excluding hydrogens is 476 g/mol. The Morgan fingerprint density at radius 1 is 1.16 bits per heavy atom. The average Bonchev–Trinajstić information content (AvgIpc) is 3.04. The fraction of sp³-hybridized carbons (Fsp3) is 0.250. The number of unbranched alkanes of at least 4 members (excludes halogenated alkanes) is 1. The number of hydrogen-bond acceptors (Lipinski definition) is 4. The lowest BCUT2D eigenvalue weighted by atomic mass is 10.1. The van der Waals surface area contributed by atoms with E-state index in [0.717, 1.165) is 33.3 Å². The van der Waals surface area contributed by atoms with Crippen molar-refractivity contribution in [3.05, 3.63) is 80.1 Å². The highest BCUT2D eigenvalue weighted by molar-refractivity contribution is 9.10. The number of anilines is 1. The quantitative estimate of drug-likeness (QED) is 0.356. The Bertz CT molecular complexity index is 1080. The first-order chi connectivity index (χ1) is 14.9. The summed E-state index contributed by atoms with van der Waals surface area (Å²) in [6.07, 6.45) is 2.56. The number of nitrogens with one attached hydrogen (secondary N) is 1. The minimum absolute atomic E-state index is 0.345. The molecule has 162 valence electrons. The van der Waals surface area contributed by atoms with Crippen LogP contribution in [0.1, 0.15) is 56.5 Å². The van der Waals surface area contributed by atoms with Gasteiger partial charge in [-0.15, -0.1) is 11.3 Å². The summed E-state index contributed by atoms with van der Waals surface area (Å²) in [6, 6.07) is 15.3. The molecule has 3 rings (SSSR count). The lowest BCUT2D eigenvalue weighted by molar-refractivity contribution is 0.100. The van der Waals surface area contributed by atoms with Crippen LogP contribution in [0.2, 0.25) is 0 Å². The summed E-state index contributed by atoms with van der Waals surface area (Å²) in [5, 5.41) is 3.35. The third-order valence-electron chi connectivity index (χ3n) is 4.87. The van der Waals surface area contributed by atoms with Gasteiger partial charge in [-0.25, -0.2) is 0 Å². The van der Waals surface area contributed by atoms with Gasteiger partial charge in [-0.1, -0.05) is 59.6 Å². The van der Waals surface area contributed by atoms with E-state index in [1.807, 2.05) is 43.3 Å². The van der Waals surface area contributed by atoms with Crippen molar-refractivity contribution in [2.45, 2.75) is 33.1 Å². The van der Waals surface area contributed by atoms with Crippen LogP contribution < -0.4 is 15.8 Å². The van der Waals surface area contributed by atoms with E-state index in [2.05, 4.69) is 28.2 Å². The topological polar surface area (TPSA) is 81.4 Å². The Balaban J connectivity index is 1.90. The molecule has 0 atom stereocenters. The number of ether oxygens (including phenoxy) is 1. The number of nitrogens with two attached hydrogens (primary N) is 1. The van der Waals surface area contributed by atoms with Crippen molar-refractivity contribution in [1.82, 2.24) is 0 Å². The molecule has 31 heavy (non-hydrogen) atoms. The Hall–Kier alpha value is -2.64. The number of carbonyl (C=O) groups is 2.